The molecule has 3 N–H and O–H groups in total. The van der Waals surface area contributed by atoms with E-state index in [2.05, 4.69) is 32.2 Å². The predicted octanol–water partition coefficient (Wildman–Crippen LogP) is 3.73. The minimum Gasteiger partial charge on any atom is -0.398 e. The van der Waals surface area contributed by atoms with Crippen LogP contribution in [0.4, 0.5) is 11.5 Å². The van der Waals surface area contributed by atoms with E-state index in [1.165, 1.54) is 0 Å². The lowest BCUT2D eigenvalue weighted by molar-refractivity contribution is -0.117. The van der Waals surface area contributed by atoms with E-state index in [1.807, 2.05) is 25.1 Å². The first-order valence-corrected chi connectivity index (χ1v) is 9.58. The predicted molar refractivity (Wildman–Crippen MR) is 113 cm³/mol. The number of fused-ring (bicyclic) bond motifs is 2. The fourth-order valence-electron chi connectivity index (χ4n) is 3.75. The van der Waals surface area contributed by atoms with Crippen LogP contribution in [0.2, 0.25) is 0 Å². The summed E-state index contributed by atoms with van der Waals surface area (Å²) in [7, 11) is 0. The summed E-state index contributed by atoms with van der Waals surface area (Å²) < 4.78 is 0. The van der Waals surface area contributed by atoms with E-state index >= 15 is 0 Å². The number of carbonyl (C=O) groups is 1. The van der Waals surface area contributed by atoms with Gasteiger partial charge in [0.05, 0.1) is 0 Å². The van der Waals surface area contributed by atoms with E-state index < -0.39 is 0 Å². The van der Waals surface area contributed by atoms with Crippen molar-refractivity contribution in [3.8, 4) is 11.1 Å². The molecular formula is C22H20N6O. The van der Waals surface area contributed by atoms with Crippen molar-refractivity contribution in [3.63, 3.8) is 0 Å². The number of rotatable bonds is 3. The average molecular weight is 384 g/mol. The molecule has 7 nitrogen and oxygen atoms in total. The maximum atomic E-state index is 12.2. The van der Waals surface area contributed by atoms with Gasteiger partial charge in [-0.2, -0.15) is 0 Å². The SMILES string of the molecule is Cc1c(-c2cc(N)c3cnc(NC(=O)[C@@H]4C[C@H]4C)cc3c2)cnc2nccnc12. The highest BCUT2D eigenvalue weighted by atomic mass is 16.2. The minimum atomic E-state index is 0.0293. The number of aromatic nitrogens is 4. The molecular weight excluding hydrogens is 364 g/mol. The van der Waals surface area contributed by atoms with Gasteiger partial charge in [-0.15, -0.1) is 0 Å². The highest BCUT2D eigenvalue weighted by molar-refractivity contribution is 6.00. The summed E-state index contributed by atoms with van der Waals surface area (Å²) in [4.78, 5) is 29.7. The first-order valence-electron chi connectivity index (χ1n) is 9.58. The fourth-order valence-corrected chi connectivity index (χ4v) is 3.75. The molecule has 1 aliphatic rings. The smallest absolute Gasteiger partial charge is 0.228 e. The Morgan fingerprint density at radius 3 is 2.69 bits per heavy atom. The van der Waals surface area contributed by atoms with Crippen LogP contribution in [0.5, 0.6) is 0 Å². The first kappa shape index (κ1) is 17.5. The average Bonchev–Trinajstić information content (AvgIpc) is 3.45. The van der Waals surface area contributed by atoms with E-state index in [-0.39, 0.29) is 11.8 Å². The second kappa shape index (κ2) is 6.48. The summed E-state index contributed by atoms with van der Waals surface area (Å²) in [5.41, 5.74) is 11.2. The number of pyridine rings is 2. The van der Waals surface area contributed by atoms with Crippen LogP contribution in [0.25, 0.3) is 33.1 Å². The Kier molecular flexibility index (Phi) is 3.91. The molecule has 29 heavy (non-hydrogen) atoms. The fraction of sp³-hybridized carbons (Fsp3) is 0.227. The highest BCUT2D eigenvalue weighted by Gasteiger charge is 2.39. The van der Waals surface area contributed by atoms with Crippen molar-refractivity contribution < 1.29 is 4.79 Å². The van der Waals surface area contributed by atoms with Crippen LogP contribution in [-0.4, -0.2) is 25.8 Å². The normalized spacial score (nSPS) is 18.1. The summed E-state index contributed by atoms with van der Waals surface area (Å²) in [6.45, 7) is 4.08. The van der Waals surface area contributed by atoms with E-state index in [0.29, 0.717) is 23.1 Å². The second-order valence-electron chi connectivity index (χ2n) is 7.69. The third-order valence-corrected chi connectivity index (χ3v) is 5.63. The van der Waals surface area contributed by atoms with Crippen LogP contribution in [0.1, 0.15) is 18.9 Å². The molecule has 2 atom stereocenters. The van der Waals surface area contributed by atoms with Crippen molar-refractivity contribution in [1.82, 2.24) is 19.9 Å². The molecule has 1 aromatic carbocycles. The maximum absolute atomic E-state index is 12.2. The van der Waals surface area contributed by atoms with E-state index in [1.54, 1.807) is 24.8 Å². The van der Waals surface area contributed by atoms with Gasteiger partial charge in [-0.1, -0.05) is 6.92 Å². The van der Waals surface area contributed by atoms with E-state index in [9.17, 15) is 4.79 Å². The van der Waals surface area contributed by atoms with Gasteiger partial charge in [-0.3, -0.25) is 9.78 Å². The number of hydrogen-bond acceptors (Lipinski definition) is 6. The maximum Gasteiger partial charge on any atom is 0.228 e. The molecule has 0 saturated heterocycles. The Balaban J connectivity index is 1.58. The monoisotopic (exact) mass is 384 g/mol. The molecule has 0 aliphatic heterocycles. The minimum absolute atomic E-state index is 0.0293. The molecule has 144 valence electrons. The number of hydrogen-bond donors (Lipinski definition) is 2. The van der Waals surface area contributed by atoms with Crippen molar-refractivity contribution in [2.75, 3.05) is 11.1 Å². The van der Waals surface area contributed by atoms with Gasteiger partial charge in [0.25, 0.3) is 0 Å². The molecule has 3 heterocycles. The molecule has 0 bridgehead atoms. The molecule has 1 amide bonds. The third-order valence-electron chi connectivity index (χ3n) is 5.63. The second-order valence-corrected chi connectivity index (χ2v) is 7.69. The molecule has 1 aliphatic carbocycles. The molecule has 0 spiro atoms. The number of nitrogen functional groups attached to an aromatic ring is 1. The van der Waals surface area contributed by atoms with Gasteiger partial charge in [0.15, 0.2) is 5.65 Å². The zero-order valence-corrected chi connectivity index (χ0v) is 16.2. The van der Waals surface area contributed by atoms with E-state index in [0.717, 1.165) is 39.4 Å². The van der Waals surface area contributed by atoms with Crippen LogP contribution in [0.3, 0.4) is 0 Å². The largest absolute Gasteiger partial charge is 0.398 e. The Labute approximate surface area is 167 Å². The van der Waals surface area contributed by atoms with Crippen LogP contribution < -0.4 is 11.1 Å². The van der Waals surface area contributed by atoms with Crippen LogP contribution in [-0.2, 0) is 4.79 Å². The lowest BCUT2D eigenvalue weighted by atomic mass is 9.98. The molecule has 4 aromatic rings. The Hall–Kier alpha value is -3.61. The summed E-state index contributed by atoms with van der Waals surface area (Å²) in [6, 6.07) is 5.82. The number of nitrogens with two attached hydrogens (primary N) is 1. The van der Waals surface area contributed by atoms with Gasteiger partial charge < -0.3 is 11.1 Å². The van der Waals surface area contributed by atoms with Gasteiger partial charge in [-0.25, -0.2) is 15.0 Å². The van der Waals surface area contributed by atoms with Crippen molar-refractivity contribution in [2.45, 2.75) is 20.3 Å². The zero-order valence-electron chi connectivity index (χ0n) is 16.2. The number of carbonyl (C=O) groups excluding carboxylic acids is 1. The number of anilines is 2. The van der Waals surface area contributed by atoms with Gasteiger partial charge >= 0.3 is 0 Å². The molecule has 0 unspecified atom stereocenters. The highest BCUT2D eigenvalue weighted by Crippen LogP contribution is 2.38. The standard InChI is InChI=1S/C22H20N6O/c1-11-5-15(11)22(29)28-19-8-14-6-13(7-18(23)17(14)10-26-19)16-9-27-21-20(12(16)2)24-3-4-25-21/h3-4,6-11,15H,5,23H2,1-2H3,(H,26,28,29)/t11-,15-/m1/s1. The third kappa shape index (κ3) is 3.04. The Bertz CT molecular complexity index is 1290. The Morgan fingerprint density at radius 1 is 1.10 bits per heavy atom. The van der Waals surface area contributed by atoms with E-state index in [4.69, 9.17) is 5.73 Å². The van der Waals surface area contributed by atoms with Gasteiger partial charge in [0, 0.05) is 47.3 Å². The lowest BCUT2D eigenvalue weighted by Crippen LogP contribution is -2.15. The topological polar surface area (TPSA) is 107 Å². The van der Waals surface area contributed by atoms with Crippen LogP contribution >= 0.6 is 0 Å². The molecule has 3 aromatic heterocycles. The zero-order chi connectivity index (χ0) is 20.1. The van der Waals surface area contributed by atoms with Crippen LogP contribution in [0, 0.1) is 18.8 Å². The molecule has 1 fully saturated rings. The van der Waals surface area contributed by atoms with Gasteiger partial charge in [0.2, 0.25) is 5.91 Å². The summed E-state index contributed by atoms with van der Waals surface area (Å²) in [5, 5.41) is 4.67. The number of amides is 1. The molecule has 1 saturated carbocycles. The van der Waals surface area contributed by atoms with Crippen molar-refractivity contribution in [3.05, 3.63) is 48.5 Å². The van der Waals surface area contributed by atoms with Gasteiger partial charge in [-0.05, 0) is 54.0 Å². The van der Waals surface area contributed by atoms with Crippen LogP contribution in [0.15, 0.2) is 43.0 Å². The number of benzene rings is 1. The first-order chi connectivity index (χ1) is 14.0. The summed E-state index contributed by atoms with van der Waals surface area (Å²) >= 11 is 0. The van der Waals surface area contributed by atoms with Crippen molar-refractivity contribution >= 4 is 39.3 Å². The lowest BCUT2D eigenvalue weighted by Gasteiger charge is -2.12. The summed E-state index contributed by atoms with van der Waals surface area (Å²) in [6.07, 6.45) is 7.74. The molecule has 5 rings (SSSR count). The number of nitrogens with zero attached hydrogens (tertiary/aromatic N) is 4. The Morgan fingerprint density at radius 2 is 1.90 bits per heavy atom. The van der Waals surface area contributed by atoms with Crippen molar-refractivity contribution in [1.29, 1.82) is 0 Å². The molecule has 7 heteroatoms. The quantitative estimate of drug-likeness (QED) is 0.521. The summed E-state index contributed by atoms with van der Waals surface area (Å²) in [5.74, 6) is 1.11. The molecule has 0 radical (unpaired) electrons. The number of nitrogens with one attached hydrogen (secondary N) is 1. The van der Waals surface area contributed by atoms with Crippen molar-refractivity contribution in [2.24, 2.45) is 11.8 Å². The van der Waals surface area contributed by atoms with Gasteiger partial charge in [0.1, 0.15) is 11.3 Å². The number of aryl methyl sites for hydroxylation is 1.